The molecule has 0 radical (unpaired) electrons. The number of carbonyl (C=O) groups is 2. The number of nitrogens with one attached hydrogen (secondary N) is 1. The highest BCUT2D eigenvalue weighted by molar-refractivity contribution is 5.92. The van der Waals surface area contributed by atoms with Crippen LogP contribution in [-0.2, 0) is 9.53 Å². The van der Waals surface area contributed by atoms with E-state index < -0.39 is 12.6 Å². The van der Waals surface area contributed by atoms with E-state index in [-0.39, 0.29) is 35.1 Å². The summed E-state index contributed by atoms with van der Waals surface area (Å²) < 4.78 is 39.2. The molecule has 0 heterocycles. The largest absolute Gasteiger partial charge is 0.493 e. The van der Waals surface area contributed by atoms with Gasteiger partial charge in [-0.2, -0.15) is 8.78 Å². The monoisotopic (exact) mass is 409 g/mol. The SMILES string of the molecule is COc1cc(C(=O)OCC(=O)NC23CC4CC(CC(C4)C2)C3)ccc1OC(F)F. The first-order valence-corrected chi connectivity index (χ1v) is 9.97. The maximum Gasteiger partial charge on any atom is 0.387 e. The van der Waals surface area contributed by atoms with E-state index in [1.54, 1.807) is 0 Å². The topological polar surface area (TPSA) is 73.9 Å². The van der Waals surface area contributed by atoms with Crippen molar-refractivity contribution in [3.63, 3.8) is 0 Å². The Labute approximate surface area is 167 Å². The Hall–Kier alpha value is -2.38. The highest BCUT2D eigenvalue weighted by Crippen LogP contribution is 2.55. The molecule has 0 aliphatic heterocycles. The van der Waals surface area contributed by atoms with Gasteiger partial charge in [0.25, 0.3) is 5.91 Å². The van der Waals surface area contributed by atoms with E-state index in [2.05, 4.69) is 10.1 Å². The summed E-state index contributed by atoms with van der Waals surface area (Å²) >= 11 is 0. The molecule has 4 aliphatic carbocycles. The van der Waals surface area contributed by atoms with Crippen molar-refractivity contribution < 1.29 is 32.6 Å². The number of benzene rings is 1. The average Bonchev–Trinajstić information content (AvgIpc) is 2.64. The van der Waals surface area contributed by atoms with Crippen molar-refractivity contribution in [3.05, 3.63) is 23.8 Å². The minimum atomic E-state index is -3.00. The van der Waals surface area contributed by atoms with Crippen LogP contribution in [0.25, 0.3) is 0 Å². The summed E-state index contributed by atoms with van der Waals surface area (Å²) in [6.07, 6.45) is 6.87. The summed E-state index contributed by atoms with van der Waals surface area (Å²) in [6.45, 7) is -3.38. The molecule has 1 amide bonds. The Morgan fingerprint density at radius 3 is 2.28 bits per heavy atom. The third kappa shape index (κ3) is 4.31. The molecule has 0 atom stereocenters. The molecule has 158 valence electrons. The predicted molar refractivity (Wildman–Crippen MR) is 99.0 cm³/mol. The fourth-order valence-corrected chi connectivity index (χ4v) is 5.80. The number of hydrogen-bond donors (Lipinski definition) is 1. The van der Waals surface area contributed by atoms with Gasteiger partial charge in [0.15, 0.2) is 18.1 Å². The van der Waals surface area contributed by atoms with E-state index >= 15 is 0 Å². The second kappa shape index (κ2) is 7.80. The number of alkyl halides is 2. The van der Waals surface area contributed by atoms with Crippen LogP contribution in [0.15, 0.2) is 18.2 Å². The third-order valence-corrected chi connectivity index (χ3v) is 6.39. The molecular weight excluding hydrogens is 384 g/mol. The van der Waals surface area contributed by atoms with Crippen molar-refractivity contribution in [2.75, 3.05) is 13.7 Å². The van der Waals surface area contributed by atoms with Gasteiger partial charge in [-0.25, -0.2) is 4.79 Å². The number of ether oxygens (including phenoxy) is 3. The van der Waals surface area contributed by atoms with Gasteiger partial charge in [0.05, 0.1) is 12.7 Å². The first kappa shape index (κ1) is 19.9. The minimum Gasteiger partial charge on any atom is -0.493 e. The van der Waals surface area contributed by atoms with E-state index in [1.807, 2.05) is 0 Å². The van der Waals surface area contributed by atoms with Crippen molar-refractivity contribution in [2.45, 2.75) is 50.7 Å². The molecule has 0 spiro atoms. The second-order valence-electron chi connectivity index (χ2n) is 8.57. The summed E-state index contributed by atoms with van der Waals surface area (Å²) in [5, 5.41) is 3.14. The molecule has 1 N–H and O–H groups in total. The Morgan fingerprint density at radius 1 is 1.10 bits per heavy atom. The summed E-state index contributed by atoms with van der Waals surface area (Å²) in [5.41, 5.74) is -0.0542. The first-order valence-electron chi connectivity index (χ1n) is 9.97. The lowest BCUT2D eigenvalue weighted by Crippen LogP contribution is -2.60. The summed E-state index contributed by atoms with van der Waals surface area (Å²) in [7, 11) is 1.28. The zero-order valence-electron chi connectivity index (χ0n) is 16.3. The van der Waals surface area contributed by atoms with Crippen LogP contribution in [0.5, 0.6) is 11.5 Å². The average molecular weight is 409 g/mol. The fraction of sp³-hybridized carbons (Fsp3) is 0.619. The van der Waals surface area contributed by atoms with Gasteiger partial charge in [0.2, 0.25) is 0 Å². The highest BCUT2D eigenvalue weighted by atomic mass is 19.3. The molecule has 6 nitrogen and oxygen atoms in total. The molecule has 4 bridgehead atoms. The highest BCUT2D eigenvalue weighted by Gasteiger charge is 2.51. The fourth-order valence-electron chi connectivity index (χ4n) is 5.80. The molecule has 4 aliphatic rings. The first-order chi connectivity index (χ1) is 13.9. The second-order valence-corrected chi connectivity index (χ2v) is 8.57. The van der Waals surface area contributed by atoms with Gasteiger partial charge in [-0.15, -0.1) is 0 Å². The quantitative estimate of drug-likeness (QED) is 0.698. The van der Waals surface area contributed by atoms with Crippen LogP contribution in [0, 0.1) is 17.8 Å². The van der Waals surface area contributed by atoms with Gasteiger partial charge in [-0.1, -0.05) is 0 Å². The Balaban J connectivity index is 1.33. The molecule has 8 heteroatoms. The van der Waals surface area contributed by atoms with Crippen molar-refractivity contribution >= 4 is 11.9 Å². The maximum atomic E-state index is 12.4. The minimum absolute atomic E-state index is 0.0160. The number of carbonyl (C=O) groups excluding carboxylic acids is 2. The van der Waals surface area contributed by atoms with Gasteiger partial charge >= 0.3 is 12.6 Å². The van der Waals surface area contributed by atoms with Gasteiger partial charge in [-0.3, -0.25) is 4.79 Å². The normalized spacial score (nSPS) is 29.6. The van der Waals surface area contributed by atoms with E-state index in [0.29, 0.717) is 17.8 Å². The van der Waals surface area contributed by atoms with Crippen LogP contribution in [0.4, 0.5) is 8.78 Å². The van der Waals surface area contributed by atoms with Crippen LogP contribution in [0.3, 0.4) is 0 Å². The summed E-state index contributed by atoms with van der Waals surface area (Å²) in [6, 6.07) is 3.74. The number of esters is 1. The lowest BCUT2D eigenvalue weighted by molar-refractivity contribution is -0.130. The van der Waals surface area contributed by atoms with Crippen LogP contribution < -0.4 is 14.8 Å². The van der Waals surface area contributed by atoms with Crippen LogP contribution in [-0.4, -0.2) is 37.7 Å². The molecule has 0 aromatic heterocycles. The van der Waals surface area contributed by atoms with Gasteiger partial charge in [-0.05, 0) is 74.5 Å². The zero-order valence-corrected chi connectivity index (χ0v) is 16.3. The van der Waals surface area contributed by atoms with Crippen LogP contribution in [0.2, 0.25) is 0 Å². The number of rotatable bonds is 7. The van der Waals surface area contributed by atoms with Gasteiger partial charge in [0, 0.05) is 5.54 Å². The number of methoxy groups -OCH3 is 1. The summed E-state index contributed by atoms with van der Waals surface area (Å²) in [4.78, 5) is 24.7. The third-order valence-electron chi connectivity index (χ3n) is 6.39. The van der Waals surface area contributed by atoms with E-state index in [0.717, 1.165) is 19.3 Å². The molecule has 1 aromatic rings. The van der Waals surface area contributed by atoms with Crippen molar-refractivity contribution in [3.8, 4) is 11.5 Å². The molecule has 1 aromatic carbocycles. The smallest absolute Gasteiger partial charge is 0.387 e. The molecule has 5 rings (SSSR count). The van der Waals surface area contributed by atoms with E-state index in [4.69, 9.17) is 9.47 Å². The van der Waals surface area contributed by atoms with Crippen LogP contribution in [0.1, 0.15) is 48.9 Å². The number of amides is 1. The number of hydrogen-bond acceptors (Lipinski definition) is 5. The van der Waals surface area contributed by atoms with Crippen molar-refractivity contribution in [1.29, 1.82) is 0 Å². The van der Waals surface area contributed by atoms with Crippen molar-refractivity contribution in [1.82, 2.24) is 5.32 Å². The Bertz CT molecular complexity index is 762. The Kier molecular flexibility index (Phi) is 5.36. The van der Waals surface area contributed by atoms with E-state index in [1.165, 1.54) is 44.6 Å². The molecule has 4 fully saturated rings. The van der Waals surface area contributed by atoms with Gasteiger partial charge < -0.3 is 19.5 Å². The predicted octanol–water partition coefficient (Wildman–Crippen LogP) is 3.54. The molecule has 0 saturated heterocycles. The molecule has 4 saturated carbocycles. The maximum absolute atomic E-state index is 12.4. The molecule has 29 heavy (non-hydrogen) atoms. The lowest BCUT2D eigenvalue weighted by atomic mass is 9.53. The molecular formula is C21H25F2NO5. The summed E-state index contributed by atoms with van der Waals surface area (Å²) in [5.74, 6) is 0.871. The van der Waals surface area contributed by atoms with Gasteiger partial charge in [0.1, 0.15) is 0 Å². The lowest BCUT2D eigenvalue weighted by Gasteiger charge is -2.56. The zero-order chi connectivity index (χ0) is 20.6. The molecule has 0 unspecified atom stereocenters. The van der Waals surface area contributed by atoms with E-state index in [9.17, 15) is 18.4 Å². The van der Waals surface area contributed by atoms with Crippen LogP contribution >= 0.6 is 0 Å². The standard InChI is InChI=1S/C21H25F2NO5/c1-27-17-7-15(2-3-16(17)29-20(22)23)19(26)28-11-18(25)24-21-8-12-4-13(9-21)6-14(5-12)10-21/h2-3,7,12-14,20H,4-6,8-11H2,1H3,(H,24,25). The Morgan fingerprint density at radius 2 is 1.72 bits per heavy atom. The van der Waals surface area contributed by atoms with Crippen molar-refractivity contribution in [2.24, 2.45) is 17.8 Å². The number of halogens is 2.